The topological polar surface area (TPSA) is 57.5 Å². The van der Waals surface area contributed by atoms with Crippen molar-refractivity contribution in [1.82, 2.24) is 0 Å². The van der Waals surface area contributed by atoms with Gasteiger partial charge >= 0.3 is 0 Å². The number of aliphatic hydroxyl groups is 2. The zero-order valence-electron chi connectivity index (χ0n) is 11.4. The molecule has 4 atom stereocenters. The zero-order chi connectivity index (χ0) is 13.3. The number of ketones is 1. The van der Waals surface area contributed by atoms with E-state index in [4.69, 9.17) is 0 Å². The van der Waals surface area contributed by atoms with E-state index in [0.717, 1.165) is 24.0 Å². The molecule has 18 heavy (non-hydrogen) atoms. The predicted molar refractivity (Wildman–Crippen MR) is 67.9 cm³/mol. The molecule has 0 unspecified atom stereocenters. The van der Waals surface area contributed by atoms with Crippen LogP contribution in [0.2, 0.25) is 0 Å². The minimum absolute atomic E-state index is 0.0452. The van der Waals surface area contributed by atoms with Gasteiger partial charge in [-0.15, -0.1) is 0 Å². The first kappa shape index (κ1) is 12.4. The van der Waals surface area contributed by atoms with Gasteiger partial charge in [-0.3, -0.25) is 4.79 Å². The largest absolute Gasteiger partial charge is 0.396 e. The molecule has 0 spiro atoms. The van der Waals surface area contributed by atoms with Crippen LogP contribution >= 0.6 is 0 Å². The molecule has 3 aliphatic carbocycles. The number of allylic oxidation sites excluding steroid dienone is 1. The van der Waals surface area contributed by atoms with E-state index < -0.39 is 5.60 Å². The van der Waals surface area contributed by atoms with Gasteiger partial charge in [0, 0.05) is 12.0 Å². The van der Waals surface area contributed by atoms with Crippen molar-refractivity contribution in [2.24, 2.45) is 16.7 Å². The van der Waals surface area contributed by atoms with Gasteiger partial charge in [-0.25, -0.2) is 0 Å². The van der Waals surface area contributed by atoms with Gasteiger partial charge in [0.2, 0.25) is 0 Å². The second-order valence-corrected chi connectivity index (χ2v) is 7.13. The molecule has 0 radical (unpaired) electrons. The fourth-order valence-corrected chi connectivity index (χ4v) is 4.63. The Labute approximate surface area is 108 Å². The maximum Gasteiger partial charge on any atom is 0.164 e. The number of hydrogen-bond acceptors (Lipinski definition) is 3. The number of Topliss-reactive ketones (excluding diaryl/α,β-unsaturated/α-hetero) is 1. The Bertz CT molecular complexity index is 466. The van der Waals surface area contributed by atoms with E-state index in [9.17, 15) is 15.0 Å². The van der Waals surface area contributed by atoms with Gasteiger partial charge < -0.3 is 10.2 Å². The van der Waals surface area contributed by atoms with Crippen LogP contribution in [0.15, 0.2) is 11.1 Å². The number of carbonyl (C=O) groups is 1. The van der Waals surface area contributed by atoms with E-state index in [1.54, 1.807) is 0 Å². The molecule has 0 aliphatic heterocycles. The normalized spacial score (nSPS) is 50.9. The molecular weight excluding hydrogens is 228 g/mol. The third-order valence-corrected chi connectivity index (χ3v) is 5.99. The Hall–Kier alpha value is -0.670. The number of hydrogen-bond donors (Lipinski definition) is 2. The molecule has 2 fully saturated rings. The van der Waals surface area contributed by atoms with E-state index in [-0.39, 0.29) is 29.1 Å². The van der Waals surface area contributed by atoms with Crippen molar-refractivity contribution in [3.63, 3.8) is 0 Å². The lowest BCUT2D eigenvalue weighted by molar-refractivity contribution is -0.149. The van der Waals surface area contributed by atoms with Crippen LogP contribution in [0.5, 0.6) is 0 Å². The molecule has 0 bridgehead atoms. The minimum Gasteiger partial charge on any atom is -0.396 e. The van der Waals surface area contributed by atoms with Crippen molar-refractivity contribution >= 4 is 5.78 Å². The van der Waals surface area contributed by atoms with Gasteiger partial charge in [-0.2, -0.15) is 0 Å². The van der Waals surface area contributed by atoms with Crippen LogP contribution in [0, 0.1) is 16.7 Å². The number of aliphatic hydroxyl groups excluding tert-OH is 1. The summed E-state index contributed by atoms with van der Waals surface area (Å²) in [5, 5.41) is 20.7. The summed E-state index contributed by atoms with van der Waals surface area (Å²) < 4.78 is 0. The number of rotatable bonds is 1. The number of fused-ring (bicyclic) bond motifs is 3. The van der Waals surface area contributed by atoms with Crippen molar-refractivity contribution < 1.29 is 15.0 Å². The predicted octanol–water partition coefficient (Wildman–Crippen LogP) is 1.83. The highest BCUT2D eigenvalue weighted by molar-refractivity contribution is 6.00. The summed E-state index contributed by atoms with van der Waals surface area (Å²) >= 11 is 0. The van der Waals surface area contributed by atoms with E-state index in [0.29, 0.717) is 12.8 Å². The van der Waals surface area contributed by atoms with Gasteiger partial charge in [-0.05, 0) is 43.6 Å². The first-order valence-corrected chi connectivity index (χ1v) is 6.85. The summed E-state index contributed by atoms with van der Waals surface area (Å²) in [6.07, 6.45) is 3.06. The van der Waals surface area contributed by atoms with Gasteiger partial charge in [0.1, 0.15) is 0 Å². The SMILES string of the molecule is CC1=C2CC[C@]2(C)[C@@]2(O)C[C@](C)(CO)C[C@H]2C1=O. The fraction of sp³-hybridized carbons (Fsp3) is 0.800. The molecular formula is C15H22O3. The van der Waals surface area contributed by atoms with E-state index in [1.807, 2.05) is 13.8 Å². The van der Waals surface area contributed by atoms with Crippen molar-refractivity contribution in [3.05, 3.63) is 11.1 Å². The maximum atomic E-state index is 12.4. The van der Waals surface area contributed by atoms with Crippen LogP contribution in [-0.2, 0) is 4.79 Å². The molecule has 0 amide bonds. The molecule has 2 N–H and O–H groups in total. The second kappa shape index (κ2) is 3.26. The smallest absolute Gasteiger partial charge is 0.164 e. The average Bonchev–Trinajstić information content (AvgIpc) is 2.59. The first-order chi connectivity index (χ1) is 8.27. The highest BCUT2D eigenvalue weighted by atomic mass is 16.3. The summed E-state index contributed by atoms with van der Waals surface area (Å²) in [6.45, 7) is 6.03. The first-order valence-electron chi connectivity index (χ1n) is 6.85. The summed E-state index contributed by atoms with van der Waals surface area (Å²) in [5.74, 6) is -0.203. The van der Waals surface area contributed by atoms with Crippen LogP contribution < -0.4 is 0 Å². The Morgan fingerprint density at radius 1 is 1.39 bits per heavy atom. The zero-order valence-corrected chi connectivity index (χ0v) is 11.4. The molecule has 2 saturated carbocycles. The van der Waals surface area contributed by atoms with E-state index in [1.165, 1.54) is 0 Å². The van der Waals surface area contributed by atoms with E-state index in [2.05, 4.69) is 6.92 Å². The monoisotopic (exact) mass is 250 g/mol. The molecule has 0 aromatic heterocycles. The molecule has 3 nitrogen and oxygen atoms in total. The second-order valence-electron chi connectivity index (χ2n) is 7.13. The molecule has 3 aliphatic rings. The Morgan fingerprint density at radius 2 is 2.06 bits per heavy atom. The molecule has 0 aromatic rings. The summed E-state index contributed by atoms with van der Waals surface area (Å²) in [7, 11) is 0. The summed E-state index contributed by atoms with van der Waals surface area (Å²) in [5.41, 5.74) is 0.551. The van der Waals surface area contributed by atoms with Crippen molar-refractivity contribution in [2.45, 2.75) is 52.1 Å². The van der Waals surface area contributed by atoms with Gasteiger partial charge in [0.25, 0.3) is 0 Å². The lowest BCUT2D eigenvalue weighted by atomic mass is 9.49. The quantitative estimate of drug-likeness (QED) is 0.746. The van der Waals surface area contributed by atoms with Crippen LogP contribution in [0.3, 0.4) is 0 Å². The summed E-state index contributed by atoms with van der Waals surface area (Å²) in [4.78, 5) is 12.4. The molecule has 3 rings (SSSR count). The molecule has 3 heteroatoms. The molecule has 0 aromatic carbocycles. The van der Waals surface area contributed by atoms with Crippen molar-refractivity contribution in [2.75, 3.05) is 6.61 Å². The fourth-order valence-electron chi connectivity index (χ4n) is 4.63. The van der Waals surface area contributed by atoms with Crippen molar-refractivity contribution in [1.29, 1.82) is 0 Å². The molecule has 100 valence electrons. The third kappa shape index (κ3) is 1.15. The lowest BCUT2D eigenvalue weighted by Crippen LogP contribution is -2.60. The standard InChI is InChI=1S/C15H22O3/c1-9-10-4-5-14(10,3)15(18)7-13(2,8-16)6-11(15)12(9)17/h11,16,18H,4-8H2,1-3H3/t11-,13+,14-,15+/m0/s1. The average molecular weight is 250 g/mol. The highest BCUT2D eigenvalue weighted by Gasteiger charge is 2.68. The van der Waals surface area contributed by atoms with Crippen LogP contribution in [-0.4, -0.2) is 28.2 Å². The van der Waals surface area contributed by atoms with Gasteiger partial charge in [0.05, 0.1) is 11.5 Å². The van der Waals surface area contributed by atoms with Gasteiger partial charge in [0.15, 0.2) is 5.78 Å². The van der Waals surface area contributed by atoms with Gasteiger partial charge in [-0.1, -0.05) is 19.4 Å². The van der Waals surface area contributed by atoms with Crippen LogP contribution in [0.4, 0.5) is 0 Å². The van der Waals surface area contributed by atoms with E-state index >= 15 is 0 Å². The number of carbonyl (C=O) groups excluding carboxylic acids is 1. The van der Waals surface area contributed by atoms with Crippen LogP contribution in [0.25, 0.3) is 0 Å². The summed E-state index contributed by atoms with van der Waals surface area (Å²) in [6, 6.07) is 0. The minimum atomic E-state index is -0.936. The molecule has 0 saturated heterocycles. The van der Waals surface area contributed by atoms with Crippen molar-refractivity contribution in [3.8, 4) is 0 Å². The Kier molecular flexibility index (Phi) is 2.24. The lowest BCUT2D eigenvalue weighted by Gasteiger charge is -2.57. The maximum absolute atomic E-state index is 12.4. The highest BCUT2D eigenvalue weighted by Crippen LogP contribution is 2.67. The Balaban J connectivity index is 2.12. The van der Waals surface area contributed by atoms with Crippen LogP contribution in [0.1, 0.15) is 46.5 Å². The third-order valence-electron chi connectivity index (χ3n) is 5.99. The Morgan fingerprint density at radius 3 is 2.56 bits per heavy atom. The molecule has 0 heterocycles.